The molecule has 0 aromatic heterocycles. The van der Waals surface area contributed by atoms with Gasteiger partial charge in [-0.2, -0.15) is 0 Å². The first-order valence-corrected chi connectivity index (χ1v) is 10.6. The monoisotopic (exact) mass is 384 g/mol. The third-order valence-corrected chi connectivity index (χ3v) is 6.61. The van der Waals surface area contributed by atoms with Gasteiger partial charge in [-0.05, 0) is 100 Å². The van der Waals surface area contributed by atoms with Gasteiger partial charge in [0.1, 0.15) is 12.1 Å². The summed E-state index contributed by atoms with van der Waals surface area (Å²) >= 11 is 0. The smallest absolute Gasteiger partial charge is 0.408 e. The molecule has 2 amide bonds. The molecule has 1 aromatic rings. The lowest BCUT2D eigenvalue weighted by Crippen LogP contribution is -2.48. The van der Waals surface area contributed by atoms with E-state index in [-0.39, 0.29) is 12.5 Å². The molecule has 4 bridgehead atoms. The number of anilines is 1. The lowest BCUT2D eigenvalue weighted by Gasteiger charge is -2.57. The molecule has 4 saturated carbocycles. The number of amides is 2. The number of nitrogens with one attached hydrogen (secondary N) is 2. The predicted octanol–water partition coefficient (Wildman–Crippen LogP) is 4.62. The Morgan fingerprint density at radius 3 is 2.04 bits per heavy atom. The summed E-state index contributed by atoms with van der Waals surface area (Å²) < 4.78 is 5.14. The van der Waals surface area contributed by atoms with E-state index in [0.717, 1.165) is 23.4 Å². The van der Waals surface area contributed by atoms with Crippen LogP contribution in [0.2, 0.25) is 0 Å². The first-order valence-electron chi connectivity index (χ1n) is 10.6. The van der Waals surface area contributed by atoms with Gasteiger partial charge in [-0.25, -0.2) is 4.79 Å². The highest BCUT2D eigenvalue weighted by Crippen LogP contribution is 2.60. The lowest BCUT2D eigenvalue weighted by molar-refractivity contribution is -0.115. The fourth-order valence-electron chi connectivity index (χ4n) is 6.04. The summed E-state index contributed by atoms with van der Waals surface area (Å²) in [5.41, 5.74) is 2.00. The van der Waals surface area contributed by atoms with E-state index in [4.69, 9.17) is 4.74 Å². The number of hydrogen-bond donors (Lipinski definition) is 2. The molecule has 5 nitrogen and oxygen atoms in total. The third kappa shape index (κ3) is 4.18. The Labute approximate surface area is 167 Å². The van der Waals surface area contributed by atoms with Crippen LogP contribution in [-0.4, -0.2) is 24.1 Å². The Bertz CT molecular complexity index is 713. The predicted molar refractivity (Wildman–Crippen MR) is 109 cm³/mol. The number of carbonyl (C=O) groups excluding carboxylic acids is 2. The molecule has 5 rings (SSSR count). The van der Waals surface area contributed by atoms with E-state index in [1.807, 2.05) is 12.1 Å². The number of hydrogen-bond acceptors (Lipinski definition) is 3. The van der Waals surface area contributed by atoms with E-state index in [0.29, 0.717) is 5.41 Å². The lowest BCUT2D eigenvalue weighted by atomic mass is 9.48. The summed E-state index contributed by atoms with van der Waals surface area (Å²) in [4.78, 5) is 23.8. The maximum absolute atomic E-state index is 12.1. The Morgan fingerprint density at radius 1 is 1.00 bits per heavy atom. The van der Waals surface area contributed by atoms with Crippen LogP contribution in [0.4, 0.5) is 10.5 Å². The van der Waals surface area contributed by atoms with Crippen molar-refractivity contribution in [2.75, 3.05) is 11.9 Å². The molecule has 1 aromatic carbocycles. The number of alkyl carbamates (subject to hydrolysis) is 1. The van der Waals surface area contributed by atoms with Gasteiger partial charge in [-0.15, -0.1) is 0 Å². The minimum atomic E-state index is -0.584. The van der Waals surface area contributed by atoms with E-state index < -0.39 is 11.7 Å². The van der Waals surface area contributed by atoms with E-state index >= 15 is 0 Å². The first-order chi connectivity index (χ1) is 13.2. The normalized spacial score (nSPS) is 30.8. The van der Waals surface area contributed by atoms with Crippen LogP contribution < -0.4 is 10.6 Å². The van der Waals surface area contributed by atoms with E-state index in [1.165, 1.54) is 44.1 Å². The maximum atomic E-state index is 12.1. The van der Waals surface area contributed by atoms with Crippen LogP contribution in [0.5, 0.6) is 0 Å². The molecule has 2 N–H and O–H groups in total. The number of benzene rings is 1. The molecule has 0 heterocycles. The van der Waals surface area contributed by atoms with Crippen molar-refractivity contribution in [3.05, 3.63) is 29.8 Å². The van der Waals surface area contributed by atoms with Gasteiger partial charge in [0.2, 0.25) is 5.91 Å². The van der Waals surface area contributed by atoms with E-state index in [9.17, 15) is 9.59 Å². The van der Waals surface area contributed by atoms with Crippen LogP contribution in [0.15, 0.2) is 24.3 Å². The average molecular weight is 385 g/mol. The third-order valence-electron chi connectivity index (χ3n) is 6.61. The van der Waals surface area contributed by atoms with Crippen LogP contribution >= 0.6 is 0 Å². The van der Waals surface area contributed by atoms with Crippen molar-refractivity contribution in [3.63, 3.8) is 0 Å². The zero-order chi connectivity index (χ0) is 19.9. The number of rotatable bonds is 4. The largest absolute Gasteiger partial charge is 0.444 e. The first kappa shape index (κ1) is 19.3. The molecule has 0 spiro atoms. The topological polar surface area (TPSA) is 67.4 Å². The SMILES string of the molecule is CC(C)(C)OC(=O)NCC(=O)Nc1ccc(C23CC4CC(CC(C4)C2)C3)cc1. The molecular formula is C23H32N2O3. The summed E-state index contributed by atoms with van der Waals surface area (Å²) in [6, 6.07) is 8.40. The van der Waals surface area contributed by atoms with Crippen molar-refractivity contribution < 1.29 is 14.3 Å². The average Bonchev–Trinajstić information content (AvgIpc) is 2.58. The van der Waals surface area contributed by atoms with Gasteiger partial charge in [-0.3, -0.25) is 4.79 Å². The highest BCUT2D eigenvalue weighted by molar-refractivity contribution is 5.93. The Balaban J connectivity index is 1.33. The number of carbonyl (C=O) groups is 2. The van der Waals surface area contributed by atoms with Crippen LogP contribution in [0.25, 0.3) is 0 Å². The fraction of sp³-hybridized carbons (Fsp3) is 0.652. The minimum absolute atomic E-state index is 0.106. The highest BCUT2D eigenvalue weighted by Gasteiger charge is 2.51. The number of ether oxygens (including phenoxy) is 1. The van der Waals surface area contributed by atoms with Gasteiger partial charge in [0, 0.05) is 5.69 Å². The molecule has 0 aliphatic heterocycles. The maximum Gasteiger partial charge on any atom is 0.408 e. The Hall–Kier alpha value is -2.04. The summed E-state index contributed by atoms with van der Waals surface area (Å²) in [5.74, 6) is 2.51. The van der Waals surface area contributed by atoms with Crippen LogP contribution in [0, 0.1) is 17.8 Å². The van der Waals surface area contributed by atoms with E-state index in [1.54, 1.807) is 20.8 Å². The standard InChI is InChI=1S/C23H32N2O3/c1-22(2,3)28-21(27)24-14-20(26)25-19-6-4-18(5-7-19)23-11-15-8-16(12-23)10-17(9-15)13-23/h4-7,15-17H,8-14H2,1-3H3,(H,24,27)(H,25,26). The van der Waals surface area contributed by atoms with Crippen molar-refractivity contribution in [1.29, 1.82) is 0 Å². The second kappa shape index (κ2) is 7.09. The van der Waals surface area contributed by atoms with Gasteiger partial charge in [0.05, 0.1) is 0 Å². The molecule has 28 heavy (non-hydrogen) atoms. The summed E-state index contributed by atoms with van der Waals surface area (Å²) in [5, 5.41) is 5.34. The zero-order valence-corrected chi connectivity index (χ0v) is 17.2. The molecule has 152 valence electrons. The minimum Gasteiger partial charge on any atom is -0.444 e. The van der Waals surface area contributed by atoms with Crippen LogP contribution in [-0.2, 0) is 14.9 Å². The molecule has 4 aliphatic carbocycles. The van der Waals surface area contributed by atoms with Crippen molar-refractivity contribution >= 4 is 17.7 Å². The second-order valence-corrected chi connectivity index (χ2v) is 10.2. The quantitative estimate of drug-likeness (QED) is 0.796. The molecule has 4 aliphatic rings. The molecular weight excluding hydrogens is 352 g/mol. The van der Waals surface area contributed by atoms with Crippen LogP contribution in [0.1, 0.15) is 64.9 Å². The van der Waals surface area contributed by atoms with Gasteiger partial charge in [0.15, 0.2) is 0 Å². The van der Waals surface area contributed by atoms with E-state index in [2.05, 4.69) is 22.8 Å². The Morgan fingerprint density at radius 2 is 1.54 bits per heavy atom. The fourth-order valence-corrected chi connectivity index (χ4v) is 6.04. The van der Waals surface area contributed by atoms with Crippen molar-refractivity contribution in [2.24, 2.45) is 17.8 Å². The van der Waals surface area contributed by atoms with Gasteiger partial charge >= 0.3 is 6.09 Å². The van der Waals surface area contributed by atoms with Gasteiger partial charge in [-0.1, -0.05) is 12.1 Å². The van der Waals surface area contributed by atoms with Crippen molar-refractivity contribution in [2.45, 2.75) is 70.3 Å². The van der Waals surface area contributed by atoms with Crippen LogP contribution in [0.3, 0.4) is 0 Å². The van der Waals surface area contributed by atoms with Gasteiger partial charge in [0.25, 0.3) is 0 Å². The molecule has 5 heteroatoms. The highest BCUT2D eigenvalue weighted by atomic mass is 16.6. The summed E-state index contributed by atoms with van der Waals surface area (Å²) in [6.07, 6.45) is 7.76. The second-order valence-electron chi connectivity index (χ2n) is 10.2. The Kier molecular flexibility index (Phi) is 4.88. The summed E-state index contributed by atoms with van der Waals surface area (Å²) in [7, 11) is 0. The zero-order valence-electron chi connectivity index (χ0n) is 17.2. The summed E-state index contributed by atoms with van der Waals surface area (Å²) in [6.45, 7) is 5.26. The molecule has 4 fully saturated rings. The van der Waals surface area contributed by atoms with Crippen molar-refractivity contribution in [3.8, 4) is 0 Å². The van der Waals surface area contributed by atoms with Crippen molar-refractivity contribution in [1.82, 2.24) is 5.32 Å². The van der Waals surface area contributed by atoms with Gasteiger partial charge < -0.3 is 15.4 Å². The molecule has 0 radical (unpaired) electrons. The molecule has 0 unspecified atom stereocenters. The molecule has 0 atom stereocenters. The molecule has 0 saturated heterocycles.